The van der Waals surface area contributed by atoms with Gasteiger partial charge < -0.3 is 15.0 Å². The van der Waals surface area contributed by atoms with Crippen molar-refractivity contribution in [3.8, 4) is 11.5 Å². The maximum Gasteiger partial charge on any atom is 0.292 e. The summed E-state index contributed by atoms with van der Waals surface area (Å²) < 4.78 is 10.6. The smallest absolute Gasteiger partial charge is 0.292 e. The maximum atomic E-state index is 10.9. The van der Waals surface area contributed by atoms with Crippen LogP contribution in [0.15, 0.2) is 22.7 Å². The van der Waals surface area contributed by atoms with Crippen molar-refractivity contribution in [1.29, 1.82) is 0 Å². The van der Waals surface area contributed by atoms with Crippen LogP contribution in [0.5, 0.6) is 0 Å². The lowest BCUT2D eigenvalue weighted by atomic mass is 10.1. The molecule has 104 valence electrons. The first kappa shape index (κ1) is 12.5. The number of nitro groups is 1. The van der Waals surface area contributed by atoms with Crippen molar-refractivity contribution in [3.05, 3.63) is 34.1 Å². The zero-order chi connectivity index (χ0) is 14.1. The van der Waals surface area contributed by atoms with Gasteiger partial charge in [-0.05, 0) is 25.0 Å². The molecule has 8 heteroatoms. The van der Waals surface area contributed by atoms with Gasteiger partial charge in [0.2, 0.25) is 5.82 Å². The molecule has 0 amide bonds. The third-order valence-corrected chi connectivity index (χ3v) is 3.13. The van der Waals surface area contributed by atoms with Crippen LogP contribution in [0, 0.1) is 10.1 Å². The van der Waals surface area contributed by atoms with Crippen LogP contribution < -0.4 is 5.73 Å². The molecule has 0 spiro atoms. The monoisotopic (exact) mass is 276 g/mol. The number of hydrogen-bond acceptors (Lipinski definition) is 7. The fraction of sp³-hybridized carbons (Fsp3) is 0.333. The Morgan fingerprint density at radius 2 is 2.30 bits per heavy atom. The van der Waals surface area contributed by atoms with Crippen LogP contribution in [0.2, 0.25) is 0 Å². The minimum absolute atomic E-state index is 0.0950. The SMILES string of the molecule is Nc1ccc(-c2nc(C3CCCO3)no2)cc1[N+](=O)[O-]. The minimum atomic E-state index is -0.545. The van der Waals surface area contributed by atoms with Crippen LogP contribution in [0.1, 0.15) is 24.8 Å². The lowest BCUT2D eigenvalue weighted by Gasteiger charge is -2.01. The van der Waals surface area contributed by atoms with Gasteiger partial charge >= 0.3 is 0 Å². The van der Waals surface area contributed by atoms with Crippen LogP contribution in [-0.2, 0) is 4.74 Å². The zero-order valence-corrected chi connectivity index (χ0v) is 10.5. The number of hydrogen-bond donors (Lipinski definition) is 1. The van der Waals surface area contributed by atoms with Gasteiger partial charge in [-0.15, -0.1) is 0 Å². The average Bonchev–Trinajstić information content (AvgIpc) is 3.09. The molecule has 0 aliphatic carbocycles. The highest BCUT2D eigenvalue weighted by molar-refractivity contribution is 5.67. The first-order valence-corrected chi connectivity index (χ1v) is 6.14. The third-order valence-electron chi connectivity index (χ3n) is 3.13. The molecule has 2 N–H and O–H groups in total. The Hall–Kier alpha value is -2.48. The van der Waals surface area contributed by atoms with E-state index >= 15 is 0 Å². The lowest BCUT2D eigenvalue weighted by molar-refractivity contribution is -0.383. The second-order valence-corrected chi connectivity index (χ2v) is 4.49. The molecule has 1 aliphatic heterocycles. The summed E-state index contributed by atoms with van der Waals surface area (Å²) in [5.41, 5.74) is 5.92. The highest BCUT2D eigenvalue weighted by Crippen LogP contribution is 2.30. The Bertz CT molecular complexity index is 649. The van der Waals surface area contributed by atoms with E-state index < -0.39 is 4.92 Å². The van der Waals surface area contributed by atoms with E-state index in [1.807, 2.05) is 0 Å². The molecule has 1 unspecified atom stereocenters. The Morgan fingerprint density at radius 3 is 3.00 bits per heavy atom. The number of ether oxygens (including phenoxy) is 1. The minimum Gasteiger partial charge on any atom is -0.393 e. The van der Waals surface area contributed by atoms with Crippen molar-refractivity contribution in [2.24, 2.45) is 0 Å². The molecule has 2 aromatic rings. The zero-order valence-electron chi connectivity index (χ0n) is 10.5. The number of rotatable bonds is 3. The predicted molar refractivity (Wildman–Crippen MR) is 68.7 cm³/mol. The molecular weight excluding hydrogens is 264 g/mol. The molecule has 1 aromatic carbocycles. The molecule has 0 radical (unpaired) electrons. The van der Waals surface area contributed by atoms with Crippen molar-refractivity contribution in [1.82, 2.24) is 10.1 Å². The van der Waals surface area contributed by atoms with Crippen molar-refractivity contribution >= 4 is 11.4 Å². The van der Waals surface area contributed by atoms with Crippen molar-refractivity contribution in [2.45, 2.75) is 18.9 Å². The van der Waals surface area contributed by atoms with E-state index in [9.17, 15) is 10.1 Å². The van der Waals surface area contributed by atoms with Gasteiger partial charge in [0.15, 0.2) is 0 Å². The molecule has 8 nitrogen and oxygen atoms in total. The molecule has 1 saturated heterocycles. The fourth-order valence-electron chi connectivity index (χ4n) is 2.10. The largest absolute Gasteiger partial charge is 0.393 e. The van der Waals surface area contributed by atoms with Crippen LogP contribution in [0.4, 0.5) is 11.4 Å². The number of aromatic nitrogens is 2. The molecule has 2 heterocycles. The highest BCUT2D eigenvalue weighted by atomic mass is 16.6. The molecule has 3 rings (SSSR count). The number of nitrogens with zero attached hydrogens (tertiary/aromatic N) is 3. The number of nitro benzene ring substituents is 1. The van der Waals surface area contributed by atoms with Crippen LogP contribution in [0.3, 0.4) is 0 Å². The van der Waals surface area contributed by atoms with Crippen molar-refractivity contribution < 1.29 is 14.2 Å². The van der Waals surface area contributed by atoms with E-state index in [-0.39, 0.29) is 23.4 Å². The molecule has 1 fully saturated rings. The second kappa shape index (κ2) is 4.89. The van der Waals surface area contributed by atoms with Crippen LogP contribution in [-0.4, -0.2) is 21.7 Å². The number of nitrogen functional groups attached to an aromatic ring is 1. The summed E-state index contributed by atoms with van der Waals surface area (Å²) in [6, 6.07) is 4.38. The van der Waals surface area contributed by atoms with Gasteiger partial charge in [0, 0.05) is 18.2 Å². The number of benzene rings is 1. The van der Waals surface area contributed by atoms with Crippen molar-refractivity contribution in [2.75, 3.05) is 12.3 Å². The van der Waals surface area contributed by atoms with E-state index in [1.54, 1.807) is 6.07 Å². The summed E-state index contributed by atoms with van der Waals surface area (Å²) in [5.74, 6) is 0.690. The molecule has 1 atom stereocenters. The van der Waals surface area contributed by atoms with Crippen molar-refractivity contribution in [3.63, 3.8) is 0 Å². The van der Waals surface area contributed by atoms with Gasteiger partial charge in [0.25, 0.3) is 11.6 Å². The van der Waals surface area contributed by atoms with Gasteiger partial charge in [-0.25, -0.2) is 0 Å². The average molecular weight is 276 g/mol. The standard InChI is InChI=1S/C12H12N4O4/c13-8-4-3-7(6-9(8)16(17)18)12-14-11(15-20-12)10-2-1-5-19-10/h3-4,6,10H,1-2,5,13H2. The Morgan fingerprint density at radius 1 is 1.45 bits per heavy atom. The van der Waals surface area contributed by atoms with E-state index in [4.69, 9.17) is 15.0 Å². The first-order valence-electron chi connectivity index (χ1n) is 6.14. The highest BCUT2D eigenvalue weighted by Gasteiger charge is 2.24. The van der Waals surface area contributed by atoms with Gasteiger partial charge in [-0.1, -0.05) is 5.16 Å². The third kappa shape index (κ3) is 2.21. The first-order chi connectivity index (χ1) is 9.65. The fourth-order valence-corrected chi connectivity index (χ4v) is 2.10. The van der Waals surface area contributed by atoms with E-state index in [2.05, 4.69) is 10.1 Å². The van der Waals surface area contributed by atoms with E-state index in [1.165, 1.54) is 12.1 Å². The lowest BCUT2D eigenvalue weighted by Crippen LogP contribution is -1.98. The normalized spacial score (nSPS) is 18.3. The molecule has 20 heavy (non-hydrogen) atoms. The van der Waals surface area contributed by atoms with E-state index in [0.717, 1.165) is 12.8 Å². The summed E-state index contributed by atoms with van der Waals surface area (Å²) in [6.07, 6.45) is 1.65. The predicted octanol–water partition coefficient (Wildman–Crippen LogP) is 2.08. The Labute approximate surface area is 113 Å². The Balaban J connectivity index is 1.93. The summed E-state index contributed by atoms with van der Waals surface area (Å²) in [4.78, 5) is 14.5. The second-order valence-electron chi connectivity index (χ2n) is 4.49. The van der Waals surface area contributed by atoms with Crippen LogP contribution >= 0.6 is 0 Å². The topological polar surface area (TPSA) is 117 Å². The maximum absolute atomic E-state index is 10.9. The van der Waals surface area contributed by atoms with Gasteiger partial charge in [-0.2, -0.15) is 4.98 Å². The number of anilines is 1. The summed E-state index contributed by atoms with van der Waals surface area (Å²) in [5, 5.41) is 14.7. The van der Waals surface area contributed by atoms with Gasteiger partial charge in [0.05, 0.1) is 4.92 Å². The summed E-state index contributed by atoms with van der Waals surface area (Å²) >= 11 is 0. The van der Waals surface area contributed by atoms with E-state index in [0.29, 0.717) is 18.0 Å². The molecule has 1 aliphatic rings. The molecular formula is C12H12N4O4. The Kier molecular flexibility index (Phi) is 3.07. The molecule has 1 aromatic heterocycles. The number of nitrogens with two attached hydrogens (primary N) is 1. The summed E-state index contributed by atoms with van der Waals surface area (Å²) in [6.45, 7) is 0.682. The quantitative estimate of drug-likeness (QED) is 0.518. The van der Waals surface area contributed by atoms with Gasteiger partial charge in [-0.3, -0.25) is 10.1 Å². The summed E-state index contributed by atoms with van der Waals surface area (Å²) in [7, 11) is 0. The molecule has 0 saturated carbocycles. The molecule has 0 bridgehead atoms. The van der Waals surface area contributed by atoms with Gasteiger partial charge in [0.1, 0.15) is 11.8 Å². The van der Waals surface area contributed by atoms with Crippen LogP contribution in [0.25, 0.3) is 11.5 Å².